The smallest absolute Gasteiger partial charge is 0.405 e. The average molecular weight is 258 g/mol. The highest BCUT2D eigenvalue weighted by Crippen LogP contribution is 2.23. The lowest BCUT2D eigenvalue weighted by Gasteiger charge is -2.22. The predicted octanol–water partition coefficient (Wildman–Crippen LogP) is 4.13. The van der Waals surface area contributed by atoms with Gasteiger partial charge in [0.2, 0.25) is 0 Å². The Morgan fingerprint density at radius 2 is 1.42 bits per heavy atom. The standard InChI is InChI=1S/C16H23BO2/c1-12(2)18-17(19-13(3)4)15(6)14(5)16-10-8-7-9-11-16/h7-13H,5-6H2,1-4H3. The van der Waals surface area contributed by atoms with Crippen LogP contribution in [0.4, 0.5) is 0 Å². The van der Waals surface area contributed by atoms with E-state index in [0.717, 1.165) is 16.6 Å². The second kappa shape index (κ2) is 7.32. The van der Waals surface area contributed by atoms with Crippen LogP contribution in [-0.2, 0) is 9.31 Å². The molecule has 102 valence electrons. The van der Waals surface area contributed by atoms with Gasteiger partial charge in [-0.15, -0.1) is 0 Å². The Morgan fingerprint density at radius 3 is 1.84 bits per heavy atom. The third kappa shape index (κ3) is 5.05. The summed E-state index contributed by atoms with van der Waals surface area (Å²) in [7, 11) is -0.451. The van der Waals surface area contributed by atoms with Gasteiger partial charge in [-0.2, -0.15) is 0 Å². The quantitative estimate of drug-likeness (QED) is 0.540. The van der Waals surface area contributed by atoms with Crippen molar-refractivity contribution >= 4 is 12.7 Å². The Hall–Kier alpha value is -1.32. The molecule has 1 aromatic rings. The van der Waals surface area contributed by atoms with Crippen LogP contribution >= 0.6 is 0 Å². The van der Waals surface area contributed by atoms with Crippen molar-refractivity contribution < 1.29 is 9.31 Å². The van der Waals surface area contributed by atoms with Crippen LogP contribution in [0.3, 0.4) is 0 Å². The van der Waals surface area contributed by atoms with Gasteiger partial charge in [-0.05, 0) is 44.3 Å². The lowest BCUT2D eigenvalue weighted by molar-refractivity contribution is 0.137. The van der Waals surface area contributed by atoms with E-state index < -0.39 is 7.12 Å². The maximum atomic E-state index is 5.78. The minimum Gasteiger partial charge on any atom is -0.405 e. The highest BCUT2D eigenvalue weighted by atomic mass is 16.6. The van der Waals surface area contributed by atoms with Crippen LogP contribution in [0.1, 0.15) is 33.3 Å². The van der Waals surface area contributed by atoms with Gasteiger partial charge in [0.1, 0.15) is 0 Å². The van der Waals surface area contributed by atoms with Crippen LogP contribution in [0.25, 0.3) is 5.57 Å². The summed E-state index contributed by atoms with van der Waals surface area (Å²) in [6, 6.07) is 9.96. The molecule has 1 rings (SSSR count). The van der Waals surface area contributed by atoms with Crippen LogP contribution < -0.4 is 0 Å². The molecule has 0 aliphatic carbocycles. The third-order valence-electron chi connectivity index (χ3n) is 2.59. The molecule has 3 heteroatoms. The summed E-state index contributed by atoms with van der Waals surface area (Å²) in [5, 5.41) is 0. The number of rotatable bonds is 7. The molecule has 0 atom stereocenters. The van der Waals surface area contributed by atoms with Crippen molar-refractivity contribution in [3.63, 3.8) is 0 Å². The van der Waals surface area contributed by atoms with Crippen molar-refractivity contribution in [2.24, 2.45) is 0 Å². The van der Waals surface area contributed by atoms with Crippen molar-refractivity contribution in [2.75, 3.05) is 0 Å². The molecule has 0 fully saturated rings. The summed E-state index contributed by atoms with van der Waals surface area (Å²) in [6.07, 6.45) is 0.146. The predicted molar refractivity (Wildman–Crippen MR) is 82.8 cm³/mol. The van der Waals surface area contributed by atoms with Gasteiger partial charge in [0, 0.05) is 12.2 Å². The fourth-order valence-electron chi connectivity index (χ4n) is 1.66. The van der Waals surface area contributed by atoms with E-state index in [9.17, 15) is 0 Å². The van der Waals surface area contributed by atoms with Gasteiger partial charge in [-0.25, -0.2) is 0 Å². The Bertz CT molecular complexity index is 414. The first-order valence-electron chi connectivity index (χ1n) is 6.66. The molecule has 1 aromatic carbocycles. The van der Waals surface area contributed by atoms with E-state index >= 15 is 0 Å². The molecule has 2 nitrogen and oxygen atoms in total. The summed E-state index contributed by atoms with van der Waals surface area (Å²) in [5.41, 5.74) is 2.66. The zero-order valence-electron chi connectivity index (χ0n) is 12.3. The zero-order chi connectivity index (χ0) is 14.4. The maximum Gasteiger partial charge on any atom is 0.494 e. The van der Waals surface area contributed by atoms with Crippen molar-refractivity contribution in [1.82, 2.24) is 0 Å². The molecule has 0 saturated carbocycles. The molecule has 0 amide bonds. The zero-order valence-corrected chi connectivity index (χ0v) is 12.3. The largest absolute Gasteiger partial charge is 0.494 e. The second-order valence-electron chi connectivity index (χ2n) is 5.07. The van der Waals surface area contributed by atoms with Gasteiger partial charge in [0.25, 0.3) is 0 Å². The third-order valence-corrected chi connectivity index (χ3v) is 2.59. The summed E-state index contributed by atoms with van der Waals surface area (Å²) < 4.78 is 11.6. The first kappa shape index (κ1) is 15.7. The van der Waals surface area contributed by atoms with Gasteiger partial charge < -0.3 is 9.31 Å². The molecule has 0 aliphatic rings. The molecular formula is C16H23BO2. The SMILES string of the molecule is C=C(B(OC(C)C)OC(C)C)C(=C)c1ccccc1. The number of benzene rings is 1. The highest BCUT2D eigenvalue weighted by molar-refractivity contribution is 6.57. The van der Waals surface area contributed by atoms with E-state index in [0.29, 0.717) is 0 Å². The fraction of sp³-hybridized carbons (Fsp3) is 0.375. The molecule has 19 heavy (non-hydrogen) atoms. The summed E-state index contributed by atoms with van der Waals surface area (Å²) >= 11 is 0. The molecule has 0 N–H and O–H groups in total. The van der Waals surface area contributed by atoms with E-state index in [2.05, 4.69) is 13.2 Å². The minimum absolute atomic E-state index is 0.0732. The van der Waals surface area contributed by atoms with Gasteiger partial charge >= 0.3 is 7.12 Å². The topological polar surface area (TPSA) is 18.5 Å². The van der Waals surface area contributed by atoms with Crippen LogP contribution in [0, 0.1) is 0 Å². The van der Waals surface area contributed by atoms with Crippen molar-refractivity contribution in [2.45, 2.75) is 39.9 Å². The van der Waals surface area contributed by atoms with Crippen molar-refractivity contribution in [3.05, 3.63) is 54.5 Å². The molecule has 0 saturated heterocycles. The van der Waals surface area contributed by atoms with Gasteiger partial charge in [0.05, 0.1) is 0 Å². The monoisotopic (exact) mass is 258 g/mol. The molecule has 0 radical (unpaired) electrons. The molecule has 0 unspecified atom stereocenters. The minimum atomic E-state index is -0.451. The Morgan fingerprint density at radius 1 is 0.947 bits per heavy atom. The Labute approximate surface area is 117 Å². The first-order chi connectivity index (χ1) is 8.91. The maximum absolute atomic E-state index is 5.78. The highest BCUT2D eigenvalue weighted by Gasteiger charge is 2.27. The number of hydrogen-bond donors (Lipinski definition) is 0. The van der Waals surface area contributed by atoms with Crippen LogP contribution in [0.5, 0.6) is 0 Å². The van der Waals surface area contributed by atoms with Crippen LogP contribution in [-0.4, -0.2) is 19.3 Å². The lowest BCUT2D eigenvalue weighted by atomic mass is 9.73. The van der Waals surface area contributed by atoms with Crippen LogP contribution in [0.2, 0.25) is 0 Å². The van der Waals surface area contributed by atoms with Crippen LogP contribution in [0.15, 0.2) is 49.0 Å². The molecule has 0 heterocycles. The molecule has 0 bridgehead atoms. The second-order valence-corrected chi connectivity index (χ2v) is 5.07. The summed E-state index contributed by atoms with van der Waals surface area (Å²) in [6.45, 7) is 16.1. The molecule has 0 spiro atoms. The van der Waals surface area contributed by atoms with Gasteiger partial charge in [-0.1, -0.05) is 43.5 Å². The summed E-state index contributed by atoms with van der Waals surface area (Å²) in [4.78, 5) is 0. The molecule has 0 aromatic heterocycles. The van der Waals surface area contributed by atoms with Gasteiger partial charge in [-0.3, -0.25) is 0 Å². The Kier molecular flexibility index (Phi) is 6.06. The number of allylic oxidation sites excluding steroid dienone is 2. The normalized spacial score (nSPS) is 10.8. The van der Waals surface area contributed by atoms with E-state index in [1.165, 1.54) is 0 Å². The van der Waals surface area contributed by atoms with Crippen molar-refractivity contribution in [3.8, 4) is 0 Å². The van der Waals surface area contributed by atoms with E-state index in [1.807, 2.05) is 58.0 Å². The van der Waals surface area contributed by atoms with Gasteiger partial charge in [0.15, 0.2) is 0 Å². The lowest BCUT2D eigenvalue weighted by Crippen LogP contribution is -2.31. The van der Waals surface area contributed by atoms with E-state index in [4.69, 9.17) is 9.31 Å². The van der Waals surface area contributed by atoms with E-state index in [-0.39, 0.29) is 12.2 Å². The average Bonchev–Trinajstić information content (AvgIpc) is 2.36. The molecule has 0 aliphatic heterocycles. The molecular weight excluding hydrogens is 235 g/mol. The van der Waals surface area contributed by atoms with E-state index in [1.54, 1.807) is 0 Å². The number of hydrogen-bond acceptors (Lipinski definition) is 2. The van der Waals surface area contributed by atoms with Crippen molar-refractivity contribution in [1.29, 1.82) is 0 Å². The first-order valence-corrected chi connectivity index (χ1v) is 6.66. The Balaban J connectivity index is 2.84. The summed E-state index contributed by atoms with van der Waals surface area (Å²) in [5.74, 6) is 0. The fourth-order valence-corrected chi connectivity index (χ4v) is 1.66.